The van der Waals surface area contributed by atoms with Crippen LogP contribution in [0.5, 0.6) is 0 Å². The molecule has 1 amide bonds. The quantitative estimate of drug-likeness (QED) is 0.705. The summed E-state index contributed by atoms with van der Waals surface area (Å²) < 4.78 is 11.8. The first-order valence-electron chi connectivity index (χ1n) is 10.1. The van der Waals surface area contributed by atoms with Crippen LogP contribution in [0.15, 0.2) is 11.8 Å². The Hall–Kier alpha value is -1.07. The topological polar surface area (TPSA) is 67.8 Å². The van der Waals surface area contributed by atoms with Crippen LogP contribution < -0.4 is 5.32 Å². The van der Waals surface area contributed by atoms with E-state index in [0.29, 0.717) is 24.2 Å². The fraction of sp³-hybridized carbons (Fsp3) is 0.850. The minimum absolute atomic E-state index is 0.0807. The summed E-state index contributed by atoms with van der Waals surface area (Å²) in [5.74, 6) is 1.55. The van der Waals surface area contributed by atoms with Gasteiger partial charge in [0.15, 0.2) is 5.76 Å². The Morgan fingerprint density at radius 2 is 2.04 bits per heavy atom. The molecule has 0 spiro atoms. The van der Waals surface area contributed by atoms with E-state index >= 15 is 0 Å². The Balaban J connectivity index is 1.70. The van der Waals surface area contributed by atoms with Crippen LogP contribution in [0.25, 0.3) is 0 Å². The van der Waals surface area contributed by atoms with Crippen molar-refractivity contribution in [2.24, 2.45) is 17.8 Å². The van der Waals surface area contributed by atoms with Gasteiger partial charge in [-0.05, 0) is 63.4 Å². The molecular formula is C20H33NO4. The van der Waals surface area contributed by atoms with Gasteiger partial charge in [0.25, 0.3) is 5.91 Å². The second kappa shape index (κ2) is 9.04. The van der Waals surface area contributed by atoms with Crippen LogP contribution in [0.4, 0.5) is 0 Å². The van der Waals surface area contributed by atoms with Gasteiger partial charge in [0.2, 0.25) is 6.29 Å². The first-order valence-corrected chi connectivity index (χ1v) is 10.1. The predicted octanol–water partition coefficient (Wildman–Crippen LogP) is 3.13. The van der Waals surface area contributed by atoms with E-state index in [1.54, 1.807) is 0 Å². The number of hydrogen-bond donors (Lipinski definition) is 2. The molecule has 2 N–H and O–H groups in total. The SMILES string of the molecule is CCO[C@@H]1OC(C(=O)NC2CCCCC2)=C[C@H](C2CC2)[C@H]1CCCO. The van der Waals surface area contributed by atoms with Crippen molar-refractivity contribution in [2.45, 2.75) is 77.0 Å². The summed E-state index contributed by atoms with van der Waals surface area (Å²) in [5.41, 5.74) is 0. The third-order valence-corrected chi connectivity index (χ3v) is 5.79. The van der Waals surface area contributed by atoms with Gasteiger partial charge < -0.3 is 19.9 Å². The van der Waals surface area contributed by atoms with Crippen molar-refractivity contribution in [3.8, 4) is 0 Å². The first kappa shape index (κ1) is 18.7. The van der Waals surface area contributed by atoms with Gasteiger partial charge in [-0.3, -0.25) is 4.79 Å². The highest BCUT2D eigenvalue weighted by atomic mass is 16.7. The Morgan fingerprint density at radius 1 is 1.28 bits per heavy atom. The fourth-order valence-electron chi connectivity index (χ4n) is 4.31. The van der Waals surface area contributed by atoms with Crippen LogP contribution in [0.2, 0.25) is 0 Å². The van der Waals surface area contributed by atoms with Crippen molar-refractivity contribution < 1.29 is 19.4 Å². The molecule has 3 atom stereocenters. The summed E-state index contributed by atoms with van der Waals surface area (Å²) in [4.78, 5) is 12.7. The average molecular weight is 351 g/mol. The van der Waals surface area contributed by atoms with Gasteiger partial charge in [-0.2, -0.15) is 0 Å². The number of aliphatic hydroxyl groups excluding tert-OH is 1. The summed E-state index contributed by atoms with van der Waals surface area (Å²) in [6.45, 7) is 2.71. The number of hydrogen-bond acceptors (Lipinski definition) is 4. The molecule has 1 aliphatic heterocycles. The number of rotatable bonds is 8. The summed E-state index contributed by atoms with van der Waals surface area (Å²) in [5, 5.41) is 12.4. The van der Waals surface area contributed by atoms with Crippen LogP contribution >= 0.6 is 0 Å². The molecule has 0 radical (unpaired) electrons. The number of aliphatic hydroxyl groups is 1. The average Bonchev–Trinajstić information content (AvgIpc) is 3.46. The van der Waals surface area contributed by atoms with Crippen LogP contribution in [0.3, 0.4) is 0 Å². The van der Waals surface area contributed by atoms with Gasteiger partial charge in [0.1, 0.15) is 0 Å². The molecule has 2 fully saturated rings. The monoisotopic (exact) mass is 351 g/mol. The smallest absolute Gasteiger partial charge is 0.286 e. The molecule has 2 saturated carbocycles. The maximum Gasteiger partial charge on any atom is 0.286 e. The fourth-order valence-corrected chi connectivity index (χ4v) is 4.31. The first-order chi connectivity index (χ1) is 12.2. The van der Waals surface area contributed by atoms with E-state index in [9.17, 15) is 9.90 Å². The van der Waals surface area contributed by atoms with Crippen LogP contribution in [0.1, 0.15) is 64.7 Å². The number of carbonyl (C=O) groups is 1. The van der Waals surface area contributed by atoms with E-state index in [0.717, 1.165) is 25.7 Å². The summed E-state index contributed by atoms with van der Waals surface area (Å²) in [7, 11) is 0. The van der Waals surface area contributed by atoms with E-state index in [-0.39, 0.29) is 30.8 Å². The maximum atomic E-state index is 12.7. The molecule has 0 aromatic carbocycles. The molecule has 0 aromatic rings. The maximum absolute atomic E-state index is 12.7. The molecule has 1 heterocycles. The third-order valence-electron chi connectivity index (χ3n) is 5.79. The van der Waals surface area contributed by atoms with Gasteiger partial charge in [-0.25, -0.2) is 0 Å². The molecule has 0 unspecified atom stereocenters. The summed E-state index contributed by atoms with van der Waals surface area (Å²) >= 11 is 0. The van der Waals surface area contributed by atoms with E-state index in [1.807, 2.05) is 13.0 Å². The molecule has 5 heteroatoms. The van der Waals surface area contributed by atoms with E-state index in [4.69, 9.17) is 9.47 Å². The van der Waals surface area contributed by atoms with E-state index in [2.05, 4.69) is 5.32 Å². The lowest BCUT2D eigenvalue weighted by molar-refractivity contribution is -0.174. The van der Waals surface area contributed by atoms with Gasteiger partial charge in [0.05, 0.1) is 0 Å². The van der Waals surface area contributed by atoms with Crippen molar-refractivity contribution in [3.63, 3.8) is 0 Å². The van der Waals surface area contributed by atoms with Gasteiger partial charge in [-0.15, -0.1) is 0 Å². The molecule has 3 rings (SSSR count). The standard InChI is InChI=1S/C20H33NO4/c1-2-24-20-16(9-6-12-22)17(14-10-11-14)13-18(25-20)19(23)21-15-7-4-3-5-8-15/h13-17,20,22H,2-12H2,1H3,(H,21,23)/t16-,17-,20-/m1/s1. The normalized spacial score (nSPS) is 30.5. The highest BCUT2D eigenvalue weighted by Gasteiger charge is 2.44. The molecule has 2 aliphatic carbocycles. The predicted molar refractivity (Wildman–Crippen MR) is 95.6 cm³/mol. The lowest BCUT2D eigenvalue weighted by Gasteiger charge is -2.37. The molecule has 3 aliphatic rings. The molecule has 0 saturated heterocycles. The number of allylic oxidation sites excluding steroid dienone is 1. The van der Waals surface area contributed by atoms with Gasteiger partial charge in [0, 0.05) is 25.2 Å². The Bertz CT molecular complexity index is 468. The highest BCUT2D eigenvalue weighted by Crippen LogP contribution is 2.47. The van der Waals surface area contributed by atoms with Gasteiger partial charge in [-0.1, -0.05) is 19.3 Å². The zero-order valence-corrected chi connectivity index (χ0v) is 15.4. The van der Waals surface area contributed by atoms with Crippen molar-refractivity contribution >= 4 is 5.91 Å². The molecular weight excluding hydrogens is 318 g/mol. The third kappa shape index (κ3) is 4.98. The van der Waals surface area contributed by atoms with Crippen LogP contribution in [-0.4, -0.2) is 36.6 Å². The Labute approximate surface area is 151 Å². The molecule has 0 bridgehead atoms. The summed E-state index contributed by atoms with van der Waals surface area (Å²) in [6.07, 6.45) is 11.5. The minimum Gasteiger partial charge on any atom is -0.459 e. The number of carbonyl (C=O) groups excluding carboxylic acids is 1. The van der Waals surface area contributed by atoms with Crippen molar-refractivity contribution in [3.05, 3.63) is 11.8 Å². The largest absolute Gasteiger partial charge is 0.459 e. The second-order valence-corrected chi connectivity index (χ2v) is 7.73. The highest BCUT2D eigenvalue weighted by molar-refractivity contribution is 5.91. The van der Waals surface area contributed by atoms with Crippen molar-refractivity contribution in [2.75, 3.05) is 13.2 Å². The lowest BCUT2D eigenvalue weighted by Crippen LogP contribution is -2.43. The van der Waals surface area contributed by atoms with Crippen LogP contribution in [0, 0.1) is 17.8 Å². The van der Waals surface area contributed by atoms with E-state index in [1.165, 1.54) is 32.1 Å². The number of nitrogens with one attached hydrogen (secondary N) is 1. The Kier molecular flexibility index (Phi) is 6.77. The number of amides is 1. The van der Waals surface area contributed by atoms with Crippen molar-refractivity contribution in [1.29, 1.82) is 0 Å². The molecule has 5 nitrogen and oxygen atoms in total. The Morgan fingerprint density at radius 3 is 2.68 bits per heavy atom. The molecule has 25 heavy (non-hydrogen) atoms. The van der Waals surface area contributed by atoms with Crippen LogP contribution in [-0.2, 0) is 14.3 Å². The van der Waals surface area contributed by atoms with Crippen molar-refractivity contribution in [1.82, 2.24) is 5.32 Å². The molecule has 142 valence electrons. The minimum atomic E-state index is -0.376. The zero-order valence-electron chi connectivity index (χ0n) is 15.4. The second-order valence-electron chi connectivity index (χ2n) is 7.73. The zero-order chi connectivity index (χ0) is 17.6. The molecule has 0 aromatic heterocycles. The summed E-state index contributed by atoms with van der Waals surface area (Å²) in [6, 6.07) is 0.280. The lowest BCUT2D eigenvalue weighted by atomic mass is 9.82. The van der Waals surface area contributed by atoms with E-state index < -0.39 is 0 Å². The van der Waals surface area contributed by atoms with Gasteiger partial charge >= 0.3 is 0 Å². The number of ether oxygens (including phenoxy) is 2.